The average Bonchev–Trinajstić information content (AvgIpc) is 2.45. The van der Waals surface area contributed by atoms with E-state index in [1.54, 1.807) is 32.0 Å². The maximum atomic E-state index is 12.3. The zero-order chi connectivity index (χ0) is 14.4. The highest BCUT2D eigenvalue weighted by Crippen LogP contribution is 2.39. The molecule has 0 aromatic heterocycles. The molecule has 0 radical (unpaired) electrons. The van der Waals surface area contributed by atoms with Crippen LogP contribution in [0.4, 0.5) is 10.5 Å². The highest BCUT2D eigenvalue weighted by Gasteiger charge is 2.48. The molecule has 0 unspecified atom stereocenters. The second-order valence-corrected chi connectivity index (χ2v) is 6.22. The predicted molar refractivity (Wildman–Crippen MR) is 73.6 cm³/mol. The topological polar surface area (TPSA) is 46.6 Å². The Morgan fingerprint density at radius 3 is 2.37 bits per heavy atom. The van der Waals surface area contributed by atoms with Crippen LogP contribution in [0, 0.1) is 0 Å². The third-order valence-corrected chi connectivity index (χ3v) is 3.08. The SMILES string of the molecule is CC(C)(C)OC(=O)N1c2ccccc2C(=O)C1(C)C. The Labute approximate surface area is 113 Å². The van der Waals surface area contributed by atoms with Gasteiger partial charge >= 0.3 is 6.09 Å². The van der Waals surface area contributed by atoms with E-state index in [-0.39, 0.29) is 5.78 Å². The molecule has 1 heterocycles. The van der Waals surface area contributed by atoms with Gasteiger partial charge in [-0.1, -0.05) is 12.1 Å². The molecule has 1 aliphatic heterocycles. The second-order valence-electron chi connectivity index (χ2n) is 6.22. The van der Waals surface area contributed by atoms with Crippen LogP contribution in [-0.2, 0) is 4.74 Å². The zero-order valence-corrected chi connectivity index (χ0v) is 12.0. The Morgan fingerprint density at radius 2 is 1.79 bits per heavy atom. The molecule has 1 aromatic rings. The summed E-state index contributed by atoms with van der Waals surface area (Å²) in [5.41, 5.74) is -0.315. The van der Waals surface area contributed by atoms with Crippen LogP contribution in [0.3, 0.4) is 0 Å². The zero-order valence-electron chi connectivity index (χ0n) is 12.0. The van der Waals surface area contributed by atoms with Gasteiger partial charge in [-0.05, 0) is 46.8 Å². The van der Waals surface area contributed by atoms with Crippen molar-refractivity contribution in [3.05, 3.63) is 29.8 Å². The number of hydrogen-bond donors (Lipinski definition) is 0. The third kappa shape index (κ3) is 2.23. The number of anilines is 1. The van der Waals surface area contributed by atoms with Crippen molar-refractivity contribution in [1.82, 2.24) is 0 Å². The number of rotatable bonds is 0. The Bertz CT molecular complexity index is 541. The highest BCUT2D eigenvalue weighted by molar-refractivity contribution is 6.19. The van der Waals surface area contributed by atoms with Crippen LogP contribution < -0.4 is 4.90 Å². The van der Waals surface area contributed by atoms with Crippen molar-refractivity contribution in [3.63, 3.8) is 0 Å². The van der Waals surface area contributed by atoms with Crippen molar-refractivity contribution in [2.75, 3.05) is 4.90 Å². The van der Waals surface area contributed by atoms with E-state index in [1.165, 1.54) is 4.90 Å². The lowest BCUT2D eigenvalue weighted by molar-refractivity contribution is 0.0538. The maximum absolute atomic E-state index is 12.3. The third-order valence-electron chi connectivity index (χ3n) is 3.08. The van der Waals surface area contributed by atoms with Crippen LogP contribution in [0.1, 0.15) is 45.0 Å². The van der Waals surface area contributed by atoms with Crippen molar-refractivity contribution in [2.45, 2.75) is 45.8 Å². The summed E-state index contributed by atoms with van der Waals surface area (Å²) < 4.78 is 5.40. The first kappa shape index (κ1) is 13.6. The summed E-state index contributed by atoms with van der Waals surface area (Å²) in [5, 5.41) is 0. The number of fused-ring (bicyclic) bond motifs is 1. The Morgan fingerprint density at radius 1 is 1.21 bits per heavy atom. The van der Waals surface area contributed by atoms with E-state index in [0.29, 0.717) is 11.3 Å². The summed E-state index contributed by atoms with van der Waals surface area (Å²) >= 11 is 0. The Kier molecular flexibility index (Phi) is 2.92. The Balaban J connectivity index is 2.45. The van der Waals surface area contributed by atoms with Gasteiger partial charge in [-0.15, -0.1) is 0 Å². The van der Waals surface area contributed by atoms with Gasteiger partial charge in [-0.25, -0.2) is 4.79 Å². The predicted octanol–water partition coefficient (Wildman–Crippen LogP) is 3.40. The molecule has 0 fully saturated rings. The number of para-hydroxylation sites is 1. The molecule has 0 N–H and O–H groups in total. The summed E-state index contributed by atoms with van der Waals surface area (Å²) in [4.78, 5) is 26.1. The second kappa shape index (κ2) is 4.08. The molecule has 4 heteroatoms. The minimum Gasteiger partial charge on any atom is -0.443 e. The number of carbonyl (C=O) groups excluding carboxylic acids is 2. The average molecular weight is 261 g/mol. The minimum atomic E-state index is -0.911. The summed E-state index contributed by atoms with van der Waals surface area (Å²) in [6.07, 6.45) is -0.490. The van der Waals surface area contributed by atoms with Gasteiger partial charge in [0.25, 0.3) is 0 Å². The quantitative estimate of drug-likeness (QED) is 0.719. The number of amides is 1. The van der Waals surface area contributed by atoms with Gasteiger partial charge in [-0.2, -0.15) is 0 Å². The molecule has 0 spiro atoms. The fourth-order valence-corrected chi connectivity index (χ4v) is 2.23. The number of nitrogens with zero attached hydrogens (tertiary/aromatic N) is 1. The molecule has 1 amide bonds. The van der Waals surface area contributed by atoms with E-state index in [4.69, 9.17) is 4.74 Å². The highest BCUT2D eigenvalue weighted by atomic mass is 16.6. The monoisotopic (exact) mass is 261 g/mol. The summed E-state index contributed by atoms with van der Waals surface area (Å²) in [6, 6.07) is 7.12. The molecule has 102 valence electrons. The van der Waals surface area contributed by atoms with Crippen molar-refractivity contribution in [2.24, 2.45) is 0 Å². The van der Waals surface area contributed by atoms with Gasteiger partial charge in [-0.3, -0.25) is 9.69 Å². The van der Waals surface area contributed by atoms with Crippen molar-refractivity contribution in [1.29, 1.82) is 0 Å². The molecule has 0 aliphatic carbocycles. The first-order chi connectivity index (χ1) is 8.64. The van der Waals surface area contributed by atoms with Gasteiger partial charge in [0.1, 0.15) is 11.1 Å². The van der Waals surface area contributed by atoms with Crippen LogP contribution in [0.25, 0.3) is 0 Å². The van der Waals surface area contributed by atoms with E-state index < -0.39 is 17.2 Å². The van der Waals surface area contributed by atoms with Gasteiger partial charge in [0.15, 0.2) is 5.78 Å². The Hall–Kier alpha value is -1.84. The molecule has 0 saturated heterocycles. The summed E-state index contributed by atoms with van der Waals surface area (Å²) in [6.45, 7) is 8.89. The molecule has 1 aliphatic rings. The van der Waals surface area contributed by atoms with Crippen molar-refractivity contribution >= 4 is 17.6 Å². The number of carbonyl (C=O) groups is 2. The van der Waals surface area contributed by atoms with Gasteiger partial charge in [0.2, 0.25) is 0 Å². The van der Waals surface area contributed by atoms with E-state index >= 15 is 0 Å². The van der Waals surface area contributed by atoms with Gasteiger partial charge < -0.3 is 4.74 Å². The number of Topliss-reactive ketones (excluding diaryl/α,β-unsaturated/α-hetero) is 1. The standard InChI is InChI=1S/C15H19NO3/c1-14(2,3)19-13(18)16-11-9-7-6-8-10(11)12(17)15(16,4)5/h6-9H,1-5H3. The molecule has 4 nitrogen and oxygen atoms in total. The summed E-state index contributed by atoms with van der Waals surface area (Å²) in [7, 11) is 0. The van der Waals surface area contributed by atoms with Crippen LogP contribution in [0.15, 0.2) is 24.3 Å². The molecular formula is C15H19NO3. The number of benzene rings is 1. The van der Waals surface area contributed by atoms with Gasteiger partial charge in [0.05, 0.1) is 5.69 Å². The first-order valence-electron chi connectivity index (χ1n) is 6.31. The minimum absolute atomic E-state index is 0.0611. The van der Waals surface area contributed by atoms with Crippen LogP contribution in [0.2, 0.25) is 0 Å². The molecule has 0 saturated carbocycles. The fourth-order valence-electron chi connectivity index (χ4n) is 2.23. The number of ether oxygens (including phenoxy) is 1. The molecule has 0 bridgehead atoms. The van der Waals surface area contributed by atoms with E-state index in [2.05, 4.69) is 0 Å². The van der Waals surface area contributed by atoms with Crippen LogP contribution in [0.5, 0.6) is 0 Å². The lowest BCUT2D eigenvalue weighted by Crippen LogP contribution is -2.50. The van der Waals surface area contributed by atoms with Gasteiger partial charge in [0, 0.05) is 5.56 Å². The van der Waals surface area contributed by atoms with E-state index in [9.17, 15) is 9.59 Å². The molecular weight excluding hydrogens is 242 g/mol. The number of ketones is 1. The maximum Gasteiger partial charge on any atom is 0.415 e. The molecule has 0 atom stereocenters. The lowest BCUT2D eigenvalue weighted by Gasteiger charge is -2.32. The van der Waals surface area contributed by atoms with Crippen LogP contribution in [-0.4, -0.2) is 23.0 Å². The van der Waals surface area contributed by atoms with E-state index in [0.717, 1.165) is 0 Å². The lowest BCUT2D eigenvalue weighted by atomic mass is 9.98. The normalized spacial score (nSPS) is 17.3. The number of hydrogen-bond acceptors (Lipinski definition) is 3. The fraction of sp³-hybridized carbons (Fsp3) is 0.467. The molecule has 1 aromatic carbocycles. The van der Waals surface area contributed by atoms with Crippen molar-refractivity contribution in [3.8, 4) is 0 Å². The van der Waals surface area contributed by atoms with Crippen molar-refractivity contribution < 1.29 is 14.3 Å². The van der Waals surface area contributed by atoms with Crippen LogP contribution >= 0.6 is 0 Å². The smallest absolute Gasteiger partial charge is 0.415 e. The first-order valence-corrected chi connectivity index (χ1v) is 6.31. The largest absolute Gasteiger partial charge is 0.443 e. The summed E-state index contributed by atoms with van der Waals surface area (Å²) in [5.74, 6) is -0.0611. The molecule has 2 rings (SSSR count). The molecule has 19 heavy (non-hydrogen) atoms. The van der Waals surface area contributed by atoms with E-state index in [1.807, 2.05) is 26.8 Å².